The minimum absolute atomic E-state index is 0.889. The van der Waals surface area contributed by atoms with Crippen molar-refractivity contribution in [1.29, 1.82) is 0 Å². The largest absolute Gasteiger partial charge is 0.0876 e. The third-order valence-corrected chi connectivity index (χ3v) is 3.61. The first-order valence-electron chi connectivity index (χ1n) is 4.71. The Morgan fingerprint density at radius 3 is 2.33 bits per heavy atom. The Kier molecular flexibility index (Phi) is 3.60. The van der Waals surface area contributed by atoms with Gasteiger partial charge in [-0.2, -0.15) is 0 Å². The Labute approximate surface area is 107 Å². The van der Waals surface area contributed by atoms with Gasteiger partial charge in [-0.25, -0.2) is 0 Å². The first kappa shape index (κ1) is 10.9. The van der Waals surface area contributed by atoms with Crippen molar-refractivity contribution in [2.45, 2.75) is 5.33 Å². The van der Waals surface area contributed by atoms with Gasteiger partial charge in [-0.15, -0.1) is 0 Å². The lowest BCUT2D eigenvalue weighted by molar-refractivity contribution is 1.42. The molecule has 0 bridgehead atoms. The van der Waals surface area contributed by atoms with Crippen LogP contribution in [0, 0.1) is 0 Å². The summed E-state index contributed by atoms with van der Waals surface area (Å²) >= 11 is 7.05. The van der Waals surface area contributed by atoms with Gasteiger partial charge in [-0.05, 0) is 28.8 Å². The Morgan fingerprint density at radius 1 is 0.933 bits per heavy atom. The number of hydrogen-bond donors (Lipinski definition) is 0. The second kappa shape index (κ2) is 4.95. The minimum Gasteiger partial charge on any atom is -0.0876 e. The van der Waals surface area contributed by atoms with Crippen molar-refractivity contribution in [2.24, 2.45) is 0 Å². The van der Waals surface area contributed by atoms with E-state index in [1.165, 1.54) is 16.7 Å². The van der Waals surface area contributed by atoms with Crippen molar-refractivity contribution in [1.82, 2.24) is 0 Å². The number of hydrogen-bond acceptors (Lipinski definition) is 0. The van der Waals surface area contributed by atoms with E-state index in [1.807, 2.05) is 6.07 Å². The molecule has 0 fully saturated rings. The quantitative estimate of drug-likeness (QED) is 0.681. The van der Waals surface area contributed by atoms with Crippen LogP contribution in [0.25, 0.3) is 11.1 Å². The van der Waals surface area contributed by atoms with Crippen LogP contribution in [0.1, 0.15) is 5.56 Å². The molecule has 0 nitrogen and oxygen atoms in total. The third-order valence-electron chi connectivity index (χ3n) is 2.27. The lowest BCUT2D eigenvalue weighted by Crippen LogP contribution is -1.83. The van der Waals surface area contributed by atoms with Gasteiger partial charge < -0.3 is 0 Å². The van der Waals surface area contributed by atoms with Gasteiger partial charge in [0.1, 0.15) is 0 Å². The van der Waals surface area contributed by atoms with E-state index in [0.717, 1.165) is 9.80 Å². The molecule has 0 unspecified atom stereocenters. The molecule has 0 amide bonds. The molecule has 0 aliphatic rings. The van der Waals surface area contributed by atoms with Crippen LogP contribution in [0.2, 0.25) is 0 Å². The van der Waals surface area contributed by atoms with Crippen LogP contribution in [-0.2, 0) is 5.33 Å². The van der Waals surface area contributed by atoms with Crippen molar-refractivity contribution < 1.29 is 0 Å². The highest BCUT2D eigenvalue weighted by Gasteiger charge is 2.03. The van der Waals surface area contributed by atoms with Gasteiger partial charge in [0, 0.05) is 9.80 Å². The molecular formula is C13H10Br2. The Balaban J connectivity index is 2.52. The molecule has 0 atom stereocenters. The number of alkyl halides is 1. The van der Waals surface area contributed by atoms with Crippen molar-refractivity contribution in [2.75, 3.05) is 0 Å². The van der Waals surface area contributed by atoms with E-state index in [9.17, 15) is 0 Å². The van der Waals surface area contributed by atoms with E-state index < -0.39 is 0 Å². The predicted molar refractivity (Wildman–Crippen MR) is 72.2 cm³/mol. The van der Waals surface area contributed by atoms with Crippen LogP contribution >= 0.6 is 31.9 Å². The fourth-order valence-electron chi connectivity index (χ4n) is 1.49. The third kappa shape index (κ3) is 2.50. The molecule has 0 N–H and O–H groups in total. The highest BCUT2D eigenvalue weighted by atomic mass is 79.9. The average Bonchev–Trinajstić information content (AvgIpc) is 2.31. The standard InChI is InChI=1S/C13H10Br2/c14-9-10-6-7-13(15)12(8-10)11-4-2-1-3-5-11/h1-8H,9H2. The zero-order valence-electron chi connectivity index (χ0n) is 8.08. The van der Waals surface area contributed by atoms with Gasteiger partial charge in [-0.1, -0.05) is 68.3 Å². The molecule has 0 saturated carbocycles. The normalized spacial score (nSPS) is 10.3. The molecule has 2 aromatic carbocycles. The average molecular weight is 326 g/mol. The van der Waals surface area contributed by atoms with Gasteiger partial charge in [0.05, 0.1) is 0 Å². The van der Waals surface area contributed by atoms with E-state index in [4.69, 9.17) is 0 Å². The van der Waals surface area contributed by atoms with Crippen LogP contribution in [0.5, 0.6) is 0 Å². The summed E-state index contributed by atoms with van der Waals surface area (Å²) in [5.74, 6) is 0. The van der Waals surface area contributed by atoms with Crippen LogP contribution in [-0.4, -0.2) is 0 Å². The second-order valence-electron chi connectivity index (χ2n) is 3.31. The maximum absolute atomic E-state index is 3.58. The zero-order valence-corrected chi connectivity index (χ0v) is 11.3. The summed E-state index contributed by atoms with van der Waals surface area (Å²) in [5, 5.41) is 0.889. The highest BCUT2D eigenvalue weighted by Crippen LogP contribution is 2.29. The summed E-state index contributed by atoms with van der Waals surface area (Å²) in [6.45, 7) is 0. The monoisotopic (exact) mass is 324 g/mol. The fraction of sp³-hybridized carbons (Fsp3) is 0.0769. The number of halogens is 2. The Morgan fingerprint density at radius 2 is 1.67 bits per heavy atom. The van der Waals surface area contributed by atoms with Crippen LogP contribution < -0.4 is 0 Å². The van der Waals surface area contributed by atoms with Gasteiger partial charge in [0.25, 0.3) is 0 Å². The van der Waals surface area contributed by atoms with Gasteiger partial charge in [0.15, 0.2) is 0 Å². The molecular weight excluding hydrogens is 316 g/mol. The molecule has 0 aromatic heterocycles. The molecule has 0 spiro atoms. The molecule has 0 radical (unpaired) electrons. The van der Waals surface area contributed by atoms with Crippen molar-refractivity contribution in [3.05, 3.63) is 58.6 Å². The van der Waals surface area contributed by atoms with Crippen molar-refractivity contribution in [3.8, 4) is 11.1 Å². The van der Waals surface area contributed by atoms with Crippen LogP contribution in [0.15, 0.2) is 53.0 Å². The lowest BCUT2D eigenvalue weighted by Gasteiger charge is -2.06. The van der Waals surface area contributed by atoms with E-state index in [0.29, 0.717) is 0 Å². The fourth-order valence-corrected chi connectivity index (χ4v) is 2.32. The summed E-state index contributed by atoms with van der Waals surface area (Å²) < 4.78 is 1.14. The summed E-state index contributed by atoms with van der Waals surface area (Å²) in [4.78, 5) is 0. The molecule has 76 valence electrons. The summed E-state index contributed by atoms with van der Waals surface area (Å²) in [7, 11) is 0. The van der Waals surface area contributed by atoms with Gasteiger partial charge in [0.2, 0.25) is 0 Å². The van der Waals surface area contributed by atoms with Gasteiger partial charge in [-0.3, -0.25) is 0 Å². The van der Waals surface area contributed by atoms with Gasteiger partial charge >= 0.3 is 0 Å². The molecule has 2 heteroatoms. The van der Waals surface area contributed by atoms with Crippen molar-refractivity contribution in [3.63, 3.8) is 0 Å². The number of benzene rings is 2. The smallest absolute Gasteiger partial charge is 0.0283 e. The predicted octanol–water partition coefficient (Wildman–Crippen LogP) is 5.01. The molecule has 0 aliphatic heterocycles. The zero-order chi connectivity index (χ0) is 10.7. The van der Waals surface area contributed by atoms with E-state index in [1.54, 1.807) is 0 Å². The lowest BCUT2D eigenvalue weighted by atomic mass is 10.0. The Bertz CT molecular complexity index is 449. The van der Waals surface area contributed by atoms with E-state index in [2.05, 4.69) is 74.3 Å². The topological polar surface area (TPSA) is 0 Å². The number of rotatable bonds is 2. The molecule has 15 heavy (non-hydrogen) atoms. The molecule has 0 heterocycles. The van der Waals surface area contributed by atoms with Crippen molar-refractivity contribution >= 4 is 31.9 Å². The SMILES string of the molecule is BrCc1ccc(Br)c(-c2ccccc2)c1. The Hall–Kier alpha value is -0.600. The van der Waals surface area contributed by atoms with Crippen LogP contribution in [0.4, 0.5) is 0 Å². The maximum atomic E-state index is 3.58. The van der Waals surface area contributed by atoms with E-state index >= 15 is 0 Å². The minimum atomic E-state index is 0.889. The summed E-state index contributed by atoms with van der Waals surface area (Å²) in [6, 6.07) is 16.8. The summed E-state index contributed by atoms with van der Waals surface area (Å²) in [6.07, 6.45) is 0. The maximum Gasteiger partial charge on any atom is 0.0283 e. The second-order valence-corrected chi connectivity index (χ2v) is 4.73. The van der Waals surface area contributed by atoms with Crippen LogP contribution in [0.3, 0.4) is 0 Å². The first-order chi connectivity index (χ1) is 7.31. The molecule has 2 aromatic rings. The molecule has 0 saturated heterocycles. The highest BCUT2D eigenvalue weighted by molar-refractivity contribution is 9.10. The summed E-state index contributed by atoms with van der Waals surface area (Å²) in [5.41, 5.74) is 3.77. The van der Waals surface area contributed by atoms with E-state index in [-0.39, 0.29) is 0 Å². The molecule has 0 aliphatic carbocycles. The first-order valence-corrected chi connectivity index (χ1v) is 6.62. The molecule has 2 rings (SSSR count).